The Labute approximate surface area is 155 Å². The van der Waals surface area contributed by atoms with Gasteiger partial charge in [-0.2, -0.15) is 5.26 Å². The molecule has 1 saturated heterocycles. The Bertz CT molecular complexity index is 928. The molecule has 0 unspecified atom stereocenters. The monoisotopic (exact) mass is 363 g/mol. The Morgan fingerprint density at radius 2 is 2.07 bits per heavy atom. The summed E-state index contributed by atoms with van der Waals surface area (Å²) in [5, 5.41) is 23.3. The Morgan fingerprint density at radius 1 is 1.30 bits per heavy atom. The molecule has 136 valence electrons. The van der Waals surface area contributed by atoms with Crippen molar-refractivity contribution in [1.82, 2.24) is 4.98 Å². The molecule has 3 rings (SSSR count). The summed E-state index contributed by atoms with van der Waals surface area (Å²) in [7, 11) is 0. The van der Waals surface area contributed by atoms with Crippen LogP contribution in [0.4, 0.5) is 17.2 Å². The minimum Gasteiger partial charge on any atom is -0.366 e. The normalized spacial score (nSPS) is 13.9. The highest BCUT2D eigenvalue weighted by atomic mass is 16.6. The number of hydrogen-bond donors (Lipinski definition) is 1. The van der Waals surface area contributed by atoms with Crippen molar-refractivity contribution in [3.8, 4) is 6.07 Å². The molecule has 1 aromatic carbocycles. The first-order chi connectivity index (χ1) is 13.1. The van der Waals surface area contributed by atoms with Gasteiger partial charge >= 0.3 is 0 Å². The smallest absolute Gasteiger partial charge is 0.293 e. The van der Waals surface area contributed by atoms with Crippen LogP contribution in [-0.4, -0.2) is 28.9 Å². The molecule has 0 aliphatic carbocycles. The van der Waals surface area contributed by atoms with Crippen molar-refractivity contribution < 1.29 is 9.72 Å². The standard InChI is InChI=1S/C19H17N5O3/c20-13-15(19(25)22-18-5-1-2-8-21-18)11-14-6-7-16(17(12-14)24(26)27)23-9-3-4-10-23/h1-2,5-8,11-12H,3-4,9-10H2,(H,21,22,25)/b15-11+. The molecule has 1 N–H and O–H groups in total. The van der Waals surface area contributed by atoms with Crippen LogP contribution in [-0.2, 0) is 4.79 Å². The highest BCUT2D eigenvalue weighted by Gasteiger charge is 2.22. The number of benzene rings is 1. The van der Waals surface area contributed by atoms with Gasteiger partial charge in [0.25, 0.3) is 11.6 Å². The number of rotatable bonds is 5. The van der Waals surface area contributed by atoms with Crippen LogP contribution in [0.5, 0.6) is 0 Å². The molecule has 0 bridgehead atoms. The summed E-state index contributed by atoms with van der Waals surface area (Å²) in [6.07, 6.45) is 4.86. The molecule has 8 nitrogen and oxygen atoms in total. The van der Waals surface area contributed by atoms with E-state index >= 15 is 0 Å². The van der Waals surface area contributed by atoms with E-state index in [1.807, 2.05) is 11.0 Å². The Balaban J connectivity index is 1.87. The lowest BCUT2D eigenvalue weighted by molar-refractivity contribution is -0.384. The molecule has 0 spiro atoms. The van der Waals surface area contributed by atoms with Gasteiger partial charge in [0.2, 0.25) is 0 Å². The number of nitriles is 1. The zero-order chi connectivity index (χ0) is 19.2. The minimum absolute atomic E-state index is 0.0342. The van der Waals surface area contributed by atoms with E-state index in [-0.39, 0.29) is 11.3 Å². The van der Waals surface area contributed by atoms with E-state index in [9.17, 15) is 20.2 Å². The Morgan fingerprint density at radius 3 is 2.70 bits per heavy atom. The fourth-order valence-electron chi connectivity index (χ4n) is 2.94. The van der Waals surface area contributed by atoms with Crippen LogP contribution in [0.2, 0.25) is 0 Å². The average Bonchev–Trinajstić information content (AvgIpc) is 3.21. The van der Waals surface area contributed by atoms with Crippen molar-refractivity contribution in [3.05, 3.63) is 63.8 Å². The number of nitrogens with zero attached hydrogens (tertiary/aromatic N) is 4. The van der Waals surface area contributed by atoms with Crippen molar-refractivity contribution in [2.24, 2.45) is 0 Å². The summed E-state index contributed by atoms with van der Waals surface area (Å²) in [6, 6.07) is 11.6. The van der Waals surface area contributed by atoms with Gasteiger partial charge in [-0.3, -0.25) is 14.9 Å². The van der Waals surface area contributed by atoms with Gasteiger partial charge < -0.3 is 10.2 Å². The van der Waals surface area contributed by atoms with Crippen LogP contribution in [0.15, 0.2) is 48.2 Å². The molecule has 1 aliphatic heterocycles. The van der Waals surface area contributed by atoms with Gasteiger partial charge in [-0.15, -0.1) is 0 Å². The van der Waals surface area contributed by atoms with Crippen molar-refractivity contribution >= 4 is 29.2 Å². The van der Waals surface area contributed by atoms with E-state index in [4.69, 9.17) is 0 Å². The molecule has 0 radical (unpaired) electrons. The summed E-state index contributed by atoms with van der Waals surface area (Å²) in [4.78, 5) is 29.2. The summed E-state index contributed by atoms with van der Waals surface area (Å²) >= 11 is 0. The van der Waals surface area contributed by atoms with Gasteiger partial charge in [0.1, 0.15) is 23.1 Å². The van der Waals surface area contributed by atoms with Crippen LogP contribution in [0, 0.1) is 21.4 Å². The number of amides is 1. The second-order valence-electron chi connectivity index (χ2n) is 6.04. The SMILES string of the molecule is N#C/C(=C\c1ccc(N2CCCC2)c([N+](=O)[O-])c1)C(=O)Nc1ccccn1. The lowest BCUT2D eigenvalue weighted by atomic mass is 10.1. The third-order valence-corrected chi connectivity index (χ3v) is 4.23. The van der Waals surface area contributed by atoms with Crippen molar-refractivity contribution in [2.45, 2.75) is 12.8 Å². The summed E-state index contributed by atoms with van der Waals surface area (Å²) < 4.78 is 0. The number of nitro groups is 1. The molecular weight excluding hydrogens is 346 g/mol. The van der Waals surface area contributed by atoms with Crippen molar-refractivity contribution in [1.29, 1.82) is 5.26 Å². The van der Waals surface area contributed by atoms with Gasteiger partial charge in [0.15, 0.2) is 0 Å². The highest BCUT2D eigenvalue weighted by Crippen LogP contribution is 2.32. The molecule has 1 amide bonds. The molecule has 1 fully saturated rings. The maximum absolute atomic E-state index is 12.3. The molecule has 27 heavy (non-hydrogen) atoms. The molecule has 2 heterocycles. The Kier molecular flexibility index (Phi) is 5.42. The van der Waals surface area contributed by atoms with Crippen LogP contribution < -0.4 is 10.2 Å². The maximum Gasteiger partial charge on any atom is 0.293 e. The van der Waals surface area contributed by atoms with Crippen molar-refractivity contribution in [3.63, 3.8) is 0 Å². The largest absolute Gasteiger partial charge is 0.366 e. The van der Waals surface area contributed by atoms with Gasteiger partial charge in [-0.1, -0.05) is 12.1 Å². The van der Waals surface area contributed by atoms with Crippen LogP contribution in [0.3, 0.4) is 0 Å². The molecule has 1 aromatic heterocycles. The predicted octanol–water partition coefficient (Wildman–Crippen LogP) is 3.14. The first-order valence-electron chi connectivity index (χ1n) is 8.46. The number of hydrogen-bond acceptors (Lipinski definition) is 6. The molecule has 2 aromatic rings. The number of carbonyl (C=O) groups is 1. The summed E-state index contributed by atoms with van der Waals surface area (Å²) in [6.45, 7) is 1.57. The van der Waals surface area contributed by atoms with Crippen molar-refractivity contribution in [2.75, 3.05) is 23.3 Å². The zero-order valence-corrected chi connectivity index (χ0v) is 14.5. The summed E-state index contributed by atoms with van der Waals surface area (Å²) in [5.41, 5.74) is 0.778. The van der Waals surface area contributed by atoms with Gasteiger partial charge in [-0.25, -0.2) is 4.98 Å². The van der Waals surface area contributed by atoms with E-state index in [0.29, 0.717) is 17.1 Å². The number of pyridine rings is 1. The highest BCUT2D eigenvalue weighted by molar-refractivity contribution is 6.09. The molecule has 0 saturated carbocycles. The van der Waals surface area contributed by atoms with Gasteiger partial charge in [0.05, 0.1) is 4.92 Å². The topological polar surface area (TPSA) is 112 Å². The van der Waals surface area contributed by atoms with E-state index in [0.717, 1.165) is 25.9 Å². The number of nitro benzene ring substituents is 1. The number of anilines is 2. The van der Waals surface area contributed by atoms with E-state index in [2.05, 4.69) is 10.3 Å². The lowest BCUT2D eigenvalue weighted by Gasteiger charge is -2.17. The lowest BCUT2D eigenvalue weighted by Crippen LogP contribution is -2.19. The molecule has 8 heteroatoms. The first kappa shape index (κ1) is 18.1. The van der Waals surface area contributed by atoms with E-state index in [1.165, 1.54) is 18.3 Å². The molecular formula is C19H17N5O3. The van der Waals surface area contributed by atoms with Crippen LogP contribution >= 0.6 is 0 Å². The quantitative estimate of drug-likeness (QED) is 0.378. The van der Waals surface area contributed by atoms with E-state index < -0.39 is 10.8 Å². The van der Waals surface area contributed by atoms with Crippen LogP contribution in [0.25, 0.3) is 6.08 Å². The fourth-order valence-corrected chi connectivity index (χ4v) is 2.94. The first-order valence-corrected chi connectivity index (χ1v) is 8.46. The maximum atomic E-state index is 12.3. The number of nitrogens with one attached hydrogen (secondary N) is 1. The summed E-state index contributed by atoms with van der Waals surface area (Å²) in [5.74, 6) is -0.304. The minimum atomic E-state index is -0.623. The predicted molar refractivity (Wildman–Crippen MR) is 101 cm³/mol. The van der Waals surface area contributed by atoms with E-state index in [1.54, 1.807) is 30.3 Å². The molecule has 1 aliphatic rings. The van der Waals surface area contributed by atoms with Gasteiger partial charge in [-0.05, 0) is 42.7 Å². The number of carbonyl (C=O) groups excluding carboxylic acids is 1. The van der Waals surface area contributed by atoms with Crippen LogP contribution in [0.1, 0.15) is 18.4 Å². The van der Waals surface area contributed by atoms with Gasteiger partial charge in [0, 0.05) is 25.4 Å². The molecule has 0 atom stereocenters. The third-order valence-electron chi connectivity index (χ3n) is 4.23. The second kappa shape index (κ2) is 8.10. The fraction of sp³-hybridized carbons (Fsp3) is 0.211. The zero-order valence-electron chi connectivity index (χ0n) is 14.5. The second-order valence-corrected chi connectivity index (χ2v) is 6.04. The average molecular weight is 363 g/mol. The number of aromatic nitrogens is 1. The third kappa shape index (κ3) is 4.27. The Hall–Kier alpha value is -3.73.